The average molecular weight is 299 g/mol. The van der Waals surface area contributed by atoms with Gasteiger partial charge >= 0.3 is 0 Å². The lowest BCUT2D eigenvalue weighted by Crippen LogP contribution is -2.54. The number of rotatable bonds is 4. The Morgan fingerprint density at radius 2 is 1.90 bits per heavy atom. The molecular weight excluding hydrogens is 278 g/mol. The van der Waals surface area contributed by atoms with Crippen LogP contribution in [0.3, 0.4) is 0 Å². The van der Waals surface area contributed by atoms with Gasteiger partial charge in [0, 0.05) is 32.2 Å². The van der Waals surface area contributed by atoms with Gasteiger partial charge in [-0.25, -0.2) is 13.1 Å². The van der Waals surface area contributed by atoms with E-state index in [0.717, 1.165) is 19.6 Å². The van der Waals surface area contributed by atoms with E-state index in [1.807, 2.05) is 14.1 Å². The molecule has 1 fully saturated rings. The van der Waals surface area contributed by atoms with Gasteiger partial charge in [0.1, 0.15) is 5.75 Å². The van der Waals surface area contributed by atoms with Crippen molar-refractivity contribution in [3.05, 3.63) is 24.3 Å². The number of nitrogens with one attached hydrogen (secondary N) is 1. The highest BCUT2D eigenvalue weighted by molar-refractivity contribution is 7.89. The van der Waals surface area contributed by atoms with Gasteiger partial charge in [-0.3, -0.25) is 4.90 Å². The van der Waals surface area contributed by atoms with Crippen molar-refractivity contribution < 1.29 is 13.5 Å². The Labute approximate surface area is 120 Å². The summed E-state index contributed by atoms with van der Waals surface area (Å²) in [5.74, 6) is 0.0533. The summed E-state index contributed by atoms with van der Waals surface area (Å²) in [6, 6.07) is 5.70. The molecule has 20 heavy (non-hydrogen) atoms. The second-order valence-electron chi connectivity index (χ2n) is 5.24. The fraction of sp³-hybridized carbons (Fsp3) is 0.538. The molecule has 1 aromatic rings. The predicted molar refractivity (Wildman–Crippen MR) is 77.2 cm³/mol. The third-order valence-electron chi connectivity index (χ3n) is 3.64. The number of sulfonamides is 1. The molecule has 2 N–H and O–H groups in total. The zero-order valence-corrected chi connectivity index (χ0v) is 12.6. The van der Waals surface area contributed by atoms with Gasteiger partial charge in [0.25, 0.3) is 0 Å². The number of phenols is 1. The first kappa shape index (κ1) is 15.2. The Hall–Kier alpha value is -1.15. The Balaban J connectivity index is 2.00. The van der Waals surface area contributed by atoms with Crippen LogP contribution in [-0.4, -0.2) is 69.6 Å². The van der Waals surface area contributed by atoms with Crippen molar-refractivity contribution in [3.8, 4) is 5.75 Å². The summed E-state index contributed by atoms with van der Waals surface area (Å²) in [5, 5.41) is 9.19. The first-order chi connectivity index (χ1) is 9.38. The van der Waals surface area contributed by atoms with Gasteiger partial charge in [-0.15, -0.1) is 0 Å². The highest BCUT2D eigenvalue weighted by Gasteiger charge is 2.24. The molecular formula is C13H21N3O3S. The van der Waals surface area contributed by atoms with Crippen LogP contribution in [0.2, 0.25) is 0 Å². The summed E-state index contributed by atoms with van der Waals surface area (Å²) in [7, 11) is 0.519. The summed E-state index contributed by atoms with van der Waals surface area (Å²) in [6.45, 7) is 3.15. The van der Waals surface area contributed by atoms with Gasteiger partial charge in [-0.2, -0.15) is 0 Å². The first-order valence-electron chi connectivity index (χ1n) is 6.56. The van der Waals surface area contributed by atoms with E-state index < -0.39 is 10.0 Å². The van der Waals surface area contributed by atoms with Gasteiger partial charge in [0.15, 0.2) is 0 Å². The van der Waals surface area contributed by atoms with Crippen LogP contribution in [0.1, 0.15) is 0 Å². The Morgan fingerprint density at radius 3 is 2.55 bits per heavy atom. The number of hydrogen-bond acceptors (Lipinski definition) is 5. The summed E-state index contributed by atoms with van der Waals surface area (Å²) in [6.07, 6.45) is 0. The topological polar surface area (TPSA) is 72.9 Å². The minimum atomic E-state index is -3.52. The van der Waals surface area contributed by atoms with Crippen LogP contribution in [0.4, 0.5) is 0 Å². The van der Waals surface area contributed by atoms with Crippen molar-refractivity contribution in [2.75, 3.05) is 40.3 Å². The van der Waals surface area contributed by atoms with E-state index >= 15 is 0 Å². The highest BCUT2D eigenvalue weighted by atomic mass is 32.2. The van der Waals surface area contributed by atoms with Crippen LogP contribution in [-0.2, 0) is 10.0 Å². The van der Waals surface area contributed by atoms with E-state index in [1.54, 1.807) is 0 Å². The van der Waals surface area contributed by atoms with Crippen molar-refractivity contribution in [2.45, 2.75) is 10.9 Å². The predicted octanol–water partition coefficient (Wildman–Crippen LogP) is -0.0837. The minimum Gasteiger partial charge on any atom is -0.508 e. The lowest BCUT2D eigenvalue weighted by atomic mass is 10.2. The van der Waals surface area contributed by atoms with E-state index in [4.69, 9.17) is 0 Å². The molecule has 0 radical (unpaired) electrons. The minimum absolute atomic E-state index is 0.0533. The molecule has 1 unspecified atom stereocenters. The van der Waals surface area contributed by atoms with E-state index in [9.17, 15) is 13.5 Å². The molecule has 0 aromatic heterocycles. The van der Waals surface area contributed by atoms with Gasteiger partial charge in [-0.1, -0.05) is 0 Å². The van der Waals surface area contributed by atoms with Crippen LogP contribution >= 0.6 is 0 Å². The molecule has 0 spiro atoms. The third kappa shape index (κ3) is 3.69. The maximum atomic E-state index is 12.1. The smallest absolute Gasteiger partial charge is 0.240 e. The van der Waals surface area contributed by atoms with Crippen molar-refractivity contribution in [1.82, 2.24) is 14.5 Å². The molecule has 1 aromatic carbocycles. The van der Waals surface area contributed by atoms with Gasteiger partial charge in [0.2, 0.25) is 10.0 Å². The highest BCUT2D eigenvalue weighted by Crippen LogP contribution is 2.14. The normalized spacial score (nSPS) is 22.0. The molecule has 0 saturated carbocycles. The molecule has 6 nitrogen and oxygen atoms in total. The number of hydrogen-bond donors (Lipinski definition) is 2. The molecule has 0 aliphatic carbocycles. The Bertz CT molecular complexity index is 544. The van der Waals surface area contributed by atoms with Crippen LogP contribution in [0.25, 0.3) is 0 Å². The zero-order chi connectivity index (χ0) is 14.8. The Kier molecular flexibility index (Phi) is 4.64. The second kappa shape index (κ2) is 6.09. The standard InChI is InChI=1S/C13H21N3O3S/c1-15-7-8-16(2)11(10-15)9-14-20(18,19)13-5-3-12(17)4-6-13/h3-6,11,14,17H,7-10H2,1-2H3. The van der Waals surface area contributed by atoms with Crippen LogP contribution in [0.15, 0.2) is 29.2 Å². The number of aromatic hydroxyl groups is 1. The molecule has 0 amide bonds. The summed E-state index contributed by atoms with van der Waals surface area (Å²) in [5.41, 5.74) is 0. The molecule has 0 bridgehead atoms. The number of benzene rings is 1. The van der Waals surface area contributed by atoms with Crippen molar-refractivity contribution in [3.63, 3.8) is 0 Å². The van der Waals surface area contributed by atoms with E-state index in [1.165, 1.54) is 24.3 Å². The monoisotopic (exact) mass is 299 g/mol. The number of piperazine rings is 1. The van der Waals surface area contributed by atoms with Crippen LogP contribution in [0, 0.1) is 0 Å². The maximum absolute atomic E-state index is 12.1. The van der Waals surface area contributed by atoms with E-state index in [0.29, 0.717) is 6.54 Å². The lowest BCUT2D eigenvalue weighted by Gasteiger charge is -2.37. The zero-order valence-electron chi connectivity index (χ0n) is 11.8. The lowest BCUT2D eigenvalue weighted by molar-refractivity contribution is 0.117. The fourth-order valence-corrected chi connectivity index (χ4v) is 3.31. The molecule has 1 aliphatic rings. The molecule has 112 valence electrons. The SMILES string of the molecule is CN1CCN(C)C(CNS(=O)(=O)c2ccc(O)cc2)C1. The van der Waals surface area contributed by atoms with Gasteiger partial charge < -0.3 is 10.0 Å². The molecule has 1 saturated heterocycles. The summed E-state index contributed by atoms with van der Waals surface area (Å²) < 4.78 is 26.9. The summed E-state index contributed by atoms with van der Waals surface area (Å²) >= 11 is 0. The maximum Gasteiger partial charge on any atom is 0.240 e. The fourth-order valence-electron chi connectivity index (χ4n) is 2.24. The molecule has 2 rings (SSSR count). The van der Waals surface area contributed by atoms with Crippen LogP contribution in [0.5, 0.6) is 5.75 Å². The molecule has 1 heterocycles. The first-order valence-corrected chi connectivity index (χ1v) is 8.04. The quantitative estimate of drug-likeness (QED) is 0.813. The Morgan fingerprint density at radius 1 is 1.25 bits per heavy atom. The largest absolute Gasteiger partial charge is 0.508 e. The van der Waals surface area contributed by atoms with E-state index in [-0.39, 0.29) is 16.7 Å². The number of nitrogens with zero attached hydrogens (tertiary/aromatic N) is 2. The van der Waals surface area contributed by atoms with Crippen LogP contribution < -0.4 is 4.72 Å². The van der Waals surface area contributed by atoms with E-state index in [2.05, 4.69) is 14.5 Å². The van der Waals surface area contributed by atoms with Crippen molar-refractivity contribution >= 4 is 10.0 Å². The number of phenolic OH excluding ortho intramolecular Hbond substituents is 1. The van der Waals surface area contributed by atoms with Gasteiger partial charge in [0.05, 0.1) is 4.90 Å². The molecule has 1 aliphatic heterocycles. The van der Waals surface area contributed by atoms with Gasteiger partial charge in [-0.05, 0) is 38.4 Å². The number of likely N-dealkylation sites (N-methyl/N-ethyl adjacent to an activating group) is 2. The molecule has 1 atom stereocenters. The molecule has 7 heteroatoms. The average Bonchev–Trinajstić information content (AvgIpc) is 2.40. The van der Waals surface area contributed by atoms with Crippen molar-refractivity contribution in [1.29, 1.82) is 0 Å². The second-order valence-corrected chi connectivity index (χ2v) is 7.01. The van der Waals surface area contributed by atoms with Crippen molar-refractivity contribution in [2.24, 2.45) is 0 Å². The third-order valence-corrected chi connectivity index (χ3v) is 5.08. The summed E-state index contributed by atoms with van der Waals surface area (Å²) in [4.78, 5) is 4.53.